The molecule has 1 radical (unpaired) electrons. The maximum absolute atomic E-state index is 3.59. The summed E-state index contributed by atoms with van der Waals surface area (Å²) in [5, 5.41) is 0. The minimum atomic E-state index is -0.519. The normalized spacial score (nSPS) is 12.2. The van der Waals surface area contributed by atoms with Gasteiger partial charge in [0.25, 0.3) is 0 Å². The van der Waals surface area contributed by atoms with Crippen LogP contribution in [0.15, 0.2) is 140 Å². The average Bonchev–Trinajstić information content (AvgIpc) is 3.20. The van der Waals surface area contributed by atoms with Crippen molar-refractivity contribution >= 4 is 0 Å². The Hall–Kier alpha value is -3.58. The molecular weight excluding hydrogens is 605 g/mol. The average molecular weight is 644 g/mol. The Balaban J connectivity index is 0.000000252. The second-order valence-corrected chi connectivity index (χ2v) is 11.2. The van der Waals surface area contributed by atoms with Crippen molar-refractivity contribution in [2.45, 2.75) is 45.4 Å². The summed E-state index contributed by atoms with van der Waals surface area (Å²) in [7, 11) is 0. The summed E-state index contributed by atoms with van der Waals surface area (Å²) in [6.45, 7) is 6.65. The second-order valence-electron chi connectivity index (χ2n) is 11.2. The van der Waals surface area contributed by atoms with Crippen LogP contribution in [0.1, 0.15) is 59.7 Å². The van der Waals surface area contributed by atoms with E-state index in [-0.39, 0.29) is 32.7 Å². The smallest absolute Gasteiger partial charge is 0.0266 e. The molecule has 44 heavy (non-hydrogen) atoms. The summed E-state index contributed by atoms with van der Waals surface area (Å²) in [6.07, 6.45) is 3.46. The summed E-state index contributed by atoms with van der Waals surface area (Å²) in [6, 6.07) is 57.2. The fraction of sp³-hybridized carbons (Fsp3) is 0.163. The van der Waals surface area contributed by atoms with Crippen LogP contribution in [-0.4, -0.2) is 0 Å². The van der Waals surface area contributed by atoms with E-state index in [1.807, 2.05) is 24.3 Å². The van der Waals surface area contributed by atoms with Crippen LogP contribution in [0.2, 0.25) is 0 Å². The van der Waals surface area contributed by atoms with E-state index >= 15 is 0 Å². The summed E-state index contributed by atoms with van der Waals surface area (Å²) >= 11 is 0. The van der Waals surface area contributed by atoms with Crippen molar-refractivity contribution in [3.8, 4) is 22.3 Å². The third kappa shape index (κ3) is 5.91. The molecule has 1 heteroatoms. The van der Waals surface area contributed by atoms with Crippen LogP contribution < -0.4 is 0 Å². The zero-order chi connectivity index (χ0) is 29.6. The maximum atomic E-state index is 3.59. The Morgan fingerprint density at radius 3 is 1.11 bits per heavy atom. The topological polar surface area (TPSA) is 0 Å². The second kappa shape index (κ2) is 14.5. The van der Waals surface area contributed by atoms with E-state index in [1.165, 1.54) is 50.1 Å². The predicted molar refractivity (Wildman–Crippen MR) is 181 cm³/mol. The van der Waals surface area contributed by atoms with E-state index in [0.717, 1.165) is 30.4 Å². The Kier molecular flexibility index (Phi) is 10.5. The molecule has 0 spiro atoms. The molecule has 0 fully saturated rings. The molecule has 0 bridgehead atoms. The molecule has 0 N–H and O–H groups in total. The first-order valence-electron chi connectivity index (χ1n) is 15.6. The van der Waals surface area contributed by atoms with E-state index in [4.69, 9.17) is 0 Å². The quantitative estimate of drug-likeness (QED) is 0.164. The molecule has 0 saturated heterocycles. The first-order valence-corrected chi connectivity index (χ1v) is 15.6. The van der Waals surface area contributed by atoms with E-state index in [2.05, 4.69) is 148 Å². The molecule has 0 aromatic heterocycles. The van der Waals surface area contributed by atoms with Crippen LogP contribution in [-0.2, 0) is 57.4 Å². The molecule has 1 aliphatic carbocycles. The zero-order valence-electron chi connectivity index (χ0n) is 26.0. The van der Waals surface area contributed by atoms with Gasteiger partial charge in [-0.3, -0.25) is 0 Å². The van der Waals surface area contributed by atoms with Crippen molar-refractivity contribution in [2.75, 3.05) is 0 Å². The van der Waals surface area contributed by atoms with E-state index in [0.29, 0.717) is 0 Å². The van der Waals surface area contributed by atoms with Crippen LogP contribution in [0.4, 0.5) is 0 Å². The van der Waals surface area contributed by atoms with Crippen LogP contribution >= 0.6 is 0 Å². The molecular formula is C43H38Y-2. The first-order chi connectivity index (χ1) is 21.2. The van der Waals surface area contributed by atoms with Crippen LogP contribution in [0.25, 0.3) is 22.3 Å². The third-order valence-corrected chi connectivity index (χ3v) is 8.73. The predicted octanol–water partition coefficient (Wildman–Crippen LogP) is 10.7. The molecule has 6 aromatic carbocycles. The van der Waals surface area contributed by atoms with Crippen LogP contribution in [0.5, 0.6) is 0 Å². The molecule has 0 saturated carbocycles. The third-order valence-electron chi connectivity index (χ3n) is 8.73. The van der Waals surface area contributed by atoms with Crippen molar-refractivity contribution < 1.29 is 32.7 Å². The van der Waals surface area contributed by atoms with Gasteiger partial charge in [0.1, 0.15) is 0 Å². The molecule has 0 amide bonds. The molecule has 1 aliphatic rings. The SMILES string of the molecule is CCc1cc(CC)cc(CC)c1.[Y].[c-]1ccccc1C1(c2[c-]cccc2)c2ccccc2-c2ccccc2-c2ccccc21. The number of aryl methyl sites for hydroxylation is 3. The molecule has 0 nitrogen and oxygen atoms in total. The van der Waals surface area contributed by atoms with Gasteiger partial charge in [0.2, 0.25) is 0 Å². The van der Waals surface area contributed by atoms with Gasteiger partial charge in [-0.15, -0.1) is 11.1 Å². The first kappa shape index (κ1) is 31.8. The Morgan fingerprint density at radius 1 is 0.432 bits per heavy atom. The molecule has 6 aromatic rings. The van der Waals surface area contributed by atoms with Crippen molar-refractivity contribution in [3.63, 3.8) is 0 Å². The number of benzene rings is 6. The molecule has 0 unspecified atom stereocenters. The Labute approximate surface area is 289 Å². The summed E-state index contributed by atoms with van der Waals surface area (Å²) < 4.78 is 0. The summed E-state index contributed by atoms with van der Waals surface area (Å²) in [5.41, 5.74) is 13.7. The number of hydrogen-bond acceptors (Lipinski definition) is 0. The van der Waals surface area contributed by atoms with E-state index < -0.39 is 5.41 Å². The Bertz CT molecular complexity index is 1650. The summed E-state index contributed by atoms with van der Waals surface area (Å²) in [5.74, 6) is 0. The standard InChI is InChI=1S/C31H20.C12H18.Y/c1-3-13-23(14-4-1)31(24-15-5-2-6-16-24)29-21-11-9-19-27(29)25-17-7-8-18-26(25)28-20-10-12-22-30(28)31;1-4-10-7-11(5-2)9-12(6-3)8-10;/h1-13,15,17-22H;7-9H,4-6H2,1-3H3;/q-2;;. The fourth-order valence-corrected chi connectivity index (χ4v) is 6.62. The van der Waals surface area contributed by atoms with Crippen molar-refractivity contribution in [1.29, 1.82) is 0 Å². The number of rotatable bonds is 5. The van der Waals surface area contributed by atoms with Crippen LogP contribution in [0.3, 0.4) is 0 Å². The van der Waals surface area contributed by atoms with Gasteiger partial charge in [-0.05, 0) is 69.3 Å². The van der Waals surface area contributed by atoms with Gasteiger partial charge in [0.05, 0.1) is 0 Å². The Morgan fingerprint density at radius 2 is 0.773 bits per heavy atom. The summed E-state index contributed by atoms with van der Waals surface area (Å²) in [4.78, 5) is 0. The minimum Gasteiger partial charge on any atom is -0.179 e. The van der Waals surface area contributed by atoms with Gasteiger partial charge >= 0.3 is 0 Å². The van der Waals surface area contributed by atoms with Gasteiger partial charge in [-0.2, -0.15) is 60.7 Å². The number of hydrogen-bond donors (Lipinski definition) is 0. The van der Waals surface area contributed by atoms with E-state index in [1.54, 1.807) is 0 Å². The number of fused-ring (bicyclic) bond motifs is 5. The van der Waals surface area contributed by atoms with Crippen LogP contribution in [0, 0.1) is 12.1 Å². The van der Waals surface area contributed by atoms with Gasteiger partial charge < -0.3 is 0 Å². The largest absolute Gasteiger partial charge is 0.179 e. The molecule has 0 heterocycles. The van der Waals surface area contributed by atoms with Gasteiger partial charge in [0, 0.05) is 38.1 Å². The van der Waals surface area contributed by atoms with Gasteiger partial charge in [0.15, 0.2) is 0 Å². The van der Waals surface area contributed by atoms with Crippen molar-refractivity contribution in [1.82, 2.24) is 0 Å². The molecule has 0 atom stereocenters. The van der Waals surface area contributed by atoms with Crippen molar-refractivity contribution in [3.05, 3.63) is 191 Å². The molecule has 215 valence electrons. The minimum absolute atomic E-state index is 0. The van der Waals surface area contributed by atoms with Crippen molar-refractivity contribution in [2.24, 2.45) is 0 Å². The zero-order valence-corrected chi connectivity index (χ0v) is 28.8. The molecule has 0 aliphatic heterocycles. The monoisotopic (exact) mass is 643 g/mol. The van der Waals surface area contributed by atoms with E-state index in [9.17, 15) is 0 Å². The van der Waals surface area contributed by atoms with Gasteiger partial charge in [-0.1, -0.05) is 112 Å². The maximum Gasteiger partial charge on any atom is 0.0266 e. The molecule has 7 rings (SSSR count). The van der Waals surface area contributed by atoms with Gasteiger partial charge in [-0.25, -0.2) is 0 Å². The fourth-order valence-electron chi connectivity index (χ4n) is 6.62.